The van der Waals surface area contributed by atoms with Crippen molar-refractivity contribution in [2.75, 3.05) is 40.3 Å². The van der Waals surface area contributed by atoms with Crippen LogP contribution in [0.1, 0.15) is 59.4 Å². The highest BCUT2D eigenvalue weighted by atomic mass is 35.5. The minimum atomic E-state index is -0.0108. The number of nitrogens with zero attached hydrogens (tertiary/aromatic N) is 5. The lowest BCUT2D eigenvalue weighted by Gasteiger charge is -2.42. The van der Waals surface area contributed by atoms with E-state index < -0.39 is 0 Å². The van der Waals surface area contributed by atoms with Crippen molar-refractivity contribution in [3.63, 3.8) is 0 Å². The molecule has 7 nitrogen and oxygen atoms in total. The van der Waals surface area contributed by atoms with E-state index in [1.165, 1.54) is 6.33 Å². The molecule has 0 unspecified atom stereocenters. The number of rotatable bonds is 7. The second-order valence-electron chi connectivity index (χ2n) is 10.5. The number of aromatic nitrogens is 2. The van der Waals surface area contributed by atoms with Crippen molar-refractivity contribution in [1.29, 1.82) is 0 Å². The Kier molecular flexibility index (Phi) is 9.43. The minimum absolute atomic E-state index is 0.0108. The first-order chi connectivity index (χ1) is 17.7. The number of carbonyl (C=O) groups is 2. The van der Waals surface area contributed by atoms with Gasteiger partial charge in [-0.2, -0.15) is 0 Å². The average Bonchev–Trinajstić information content (AvgIpc) is 2.91. The van der Waals surface area contributed by atoms with Gasteiger partial charge in [-0.3, -0.25) is 14.5 Å². The topological polar surface area (TPSA) is 69.6 Å². The number of hydrogen-bond donors (Lipinski definition) is 0. The van der Waals surface area contributed by atoms with E-state index in [1.54, 1.807) is 4.90 Å². The molecule has 0 N–H and O–H groups in total. The monoisotopic (exact) mass is 545 g/mol. The molecule has 9 heteroatoms. The zero-order valence-corrected chi connectivity index (χ0v) is 23.6. The Hall–Kier alpha value is -2.22. The van der Waals surface area contributed by atoms with Crippen LogP contribution in [0.2, 0.25) is 10.0 Å². The number of carbonyl (C=O) groups excluding carboxylic acids is 2. The molecule has 0 saturated carbocycles. The Bertz CT molecular complexity index is 1120. The van der Waals surface area contributed by atoms with Crippen LogP contribution in [-0.4, -0.2) is 82.8 Å². The molecule has 2 saturated heterocycles. The minimum Gasteiger partial charge on any atom is -0.349 e. The molecule has 0 bridgehead atoms. The van der Waals surface area contributed by atoms with Crippen molar-refractivity contribution in [2.24, 2.45) is 5.92 Å². The van der Waals surface area contributed by atoms with Crippen LogP contribution in [0.5, 0.6) is 0 Å². The van der Waals surface area contributed by atoms with Crippen molar-refractivity contribution >= 4 is 35.0 Å². The van der Waals surface area contributed by atoms with Crippen molar-refractivity contribution in [2.45, 2.75) is 57.9 Å². The first kappa shape index (κ1) is 27.8. The van der Waals surface area contributed by atoms with Gasteiger partial charge in [0, 0.05) is 51.0 Å². The molecule has 2 fully saturated rings. The second kappa shape index (κ2) is 12.5. The van der Waals surface area contributed by atoms with E-state index in [1.807, 2.05) is 44.1 Å². The Morgan fingerprint density at radius 3 is 2.49 bits per heavy atom. The van der Waals surface area contributed by atoms with Crippen molar-refractivity contribution in [1.82, 2.24) is 24.7 Å². The van der Waals surface area contributed by atoms with Crippen LogP contribution in [0, 0.1) is 12.8 Å². The number of benzene rings is 1. The average molecular weight is 547 g/mol. The smallest absolute Gasteiger partial charge is 0.272 e. The summed E-state index contributed by atoms with van der Waals surface area (Å²) in [5.74, 6) is 0.301. The van der Waals surface area contributed by atoms with E-state index in [4.69, 9.17) is 23.2 Å². The quantitative estimate of drug-likeness (QED) is 0.505. The summed E-state index contributed by atoms with van der Waals surface area (Å²) < 4.78 is 0. The fourth-order valence-electron chi connectivity index (χ4n) is 5.60. The molecule has 200 valence electrons. The largest absolute Gasteiger partial charge is 0.349 e. The molecular weight excluding hydrogens is 509 g/mol. The zero-order chi connectivity index (χ0) is 26.5. The third-order valence-electron chi connectivity index (χ3n) is 7.77. The summed E-state index contributed by atoms with van der Waals surface area (Å²) in [4.78, 5) is 40.8. The summed E-state index contributed by atoms with van der Waals surface area (Å²) in [5.41, 5.74) is 3.42. The van der Waals surface area contributed by atoms with Crippen LogP contribution in [0.15, 0.2) is 24.5 Å². The molecule has 0 aliphatic carbocycles. The van der Waals surface area contributed by atoms with Gasteiger partial charge >= 0.3 is 0 Å². The van der Waals surface area contributed by atoms with Gasteiger partial charge in [-0.15, -0.1) is 0 Å². The molecule has 2 aliphatic rings. The molecule has 1 aromatic carbocycles. The van der Waals surface area contributed by atoms with Gasteiger partial charge < -0.3 is 9.80 Å². The van der Waals surface area contributed by atoms with E-state index in [0.29, 0.717) is 34.9 Å². The normalized spacial score (nSPS) is 19.2. The maximum Gasteiger partial charge on any atom is 0.272 e. The molecule has 1 aromatic heterocycles. The lowest BCUT2D eigenvalue weighted by molar-refractivity contribution is -0.135. The maximum absolute atomic E-state index is 13.4. The molecule has 4 rings (SSSR count). The van der Waals surface area contributed by atoms with Crippen LogP contribution >= 0.6 is 23.2 Å². The predicted molar refractivity (Wildman–Crippen MR) is 147 cm³/mol. The summed E-state index contributed by atoms with van der Waals surface area (Å²) in [5, 5.41) is 1.12. The molecule has 37 heavy (non-hydrogen) atoms. The lowest BCUT2D eigenvalue weighted by atomic mass is 9.93. The van der Waals surface area contributed by atoms with Crippen molar-refractivity contribution in [3.05, 3.63) is 57.1 Å². The van der Waals surface area contributed by atoms with Crippen LogP contribution in [-0.2, 0) is 17.6 Å². The Morgan fingerprint density at radius 1 is 1.03 bits per heavy atom. The van der Waals surface area contributed by atoms with Crippen molar-refractivity contribution in [3.8, 4) is 0 Å². The van der Waals surface area contributed by atoms with E-state index in [0.717, 1.165) is 74.9 Å². The van der Waals surface area contributed by atoms with Gasteiger partial charge in [-0.05, 0) is 76.1 Å². The molecular formula is C28H37Cl2N5O2. The number of halogens is 2. The highest BCUT2D eigenvalue weighted by molar-refractivity contribution is 6.42. The van der Waals surface area contributed by atoms with Gasteiger partial charge in [-0.1, -0.05) is 29.3 Å². The summed E-state index contributed by atoms with van der Waals surface area (Å²) >= 11 is 12.2. The predicted octanol–water partition coefficient (Wildman–Crippen LogP) is 4.67. The number of likely N-dealkylation sites (tertiary alicyclic amines) is 2. The molecule has 0 spiro atoms. The van der Waals surface area contributed by atoms with Gasteiger partial charge in [0.2, 0.25) is 5.91 Å². The fraction of sp³-hybridized carbons (Fsp3) is 0.571. The Balaban J connectivity index is 1.31. The number of aryl methyl sites for hydroxylation is 2. The highest BCUT2D eigenvalue weighted by Crippen LogP contribution is 2.26. The van der Waals surface area contributed by atoms with Crippen molar-refractivity contribution < 1.29 is 9.59 Å². The van der Waals surface area contributed by atoms with Gasteiger partial charge in [0.05, 0.1) is 16.0 Å². The molecule has 2 aliphatic heterocycles. The summed E-state index contributed by atoms with van der Waals surface area (Å²) in [6.07, 6.45) is 7.89. The first-order valence-corrected chi connectivity index (χ1v) is 14.0. The van der Waals surface area contributed by atoms with Crippen LogP contribution in [0.25, 0.3) is 0 Å². The molecule has 1 atom stereocenters. The van der Waals surface area contributed by atoms with E-state index in [-0.39, 0.29) is 17.7 Å². The Morgan fingerprint density at radius 2 is 1.78 bits per heavy atom. The summed E-state index contributed by atoms with van der Waals surface area (Å²) in [7, 11) is 3.67. The molecule has 2 amide bonds. The standard InChI is InChI=1S/C28H37Cl2N5O2/c1-19-25(8-4-6-20-9-10-23(29)24(30)16-20)31-18-32-26(19)28(37)34-14-11-22(12-15-34)35-13-5-7-21(17-35)27(36)33(2)3/h9-10,16,18,21-22H,4-8,11-15,17H2,1-3H3/t21-/m0/s1. The zero-order valence-electron chi connectivity index (χ0n) is 22.1. The van der Waals surface area contributed by atoms with Gasteiger partial charge in [0.15, 0.2) is 0 Å². The highest BCUT2D eigenvalue weighted by Gasteiger charge is 2.33. The first-order valence-electron chi connectivity index (χ1n) is 13.2. The van der Waals surface area contributed by atoms with Gasteiger partial charge in [-0.25, -0.2) is 9.97 Å². The van der Waals surface area contributed by atoms with E-state index >= 15 is 0 Å². The maximum atomic E-state index is 13.4. The van der Waals surface area contributed by atoms with E-state index in [2.05, 4.69) is 14.9 Å². The van der Waals surface area contributed by atoms with Gasteiger partial charge in [0.1, 0.15) is 12.0 Å². The number of amides is 2. The van der Waals surface area contributed by atoms with Crippen LogP contribution in [0.3, 0.4) is 0 Å². The summed E-state index contributed by atoms with van der Waals surface area (Å²) in [6, 6.07) is 6.14. The second-order valence-corrected chi connectivity index (χ2v) is 11.3. The molecule has 3 heterocycles. The third-order valence-corrected chi connectivity index (χ3v) is 8.50. The SMILES string of the molecule is Cc1c(CCCc2ccc(Cl)c(Cl)c2)ncnc1C(=O)N1CCC(N2CCC[C@H](C(=O)N(C)C)C2)CC1. The molecule has 0 radical (unpaired) electrons. The molecule has 2 aromatic rings. The van der Waals surface area contributed by atoms with Crippen LogP contribution in [0.4, 0.5) is 0 Å². The van der Waals surface area contributed by atoms with E-state index in [9.17, 15) is 9.59 Å². The lowest BCUT2D eigenvalue weighted by Crippen LogP contribution is -2.51. The summed E-state index contributed by atoms with van der Waals surface area (Å²) in [6.45, 7) is 5.23. The van der Waals surface area contributed by atoms with Crippen LogP contribution < -0.4 is 0 Å². The number of hydrogen-bond acceptors (Lipinski definition) is 5. The Labute approximate surface area is 230 Å². The third kappa shape index (κ3) is 6.81. The fourth-order valence-corrected chi connectivity index (χ4v) is 5.92. The van der Waals surface area contributed by atoms with Gasteiger partial charge in [0.25, 0.3) is 5.91 Å². The number of piperidine rings is 2.